The molecular formula is C11H22O3Si. The first-order chi connectivity index (χ1) is 7.22. The molecule has 0 aliphatic rings. The maximum atomic E-state index is 10.5. The molecule has 0 radical (unpaired) electrons. The van der Waals surface area contributed by atoms with Crippen molar-refractivity contribution in [2.75, 3.05) is 13.2 Å². The third kappa shape index (κ3) is 19.5. The van der Waals surface area contributed by atoms with Crippen molar-refractivity contribution in [3.63, 3.8) is 0 Å². The van der Waals surface area contributed by atoms with E-state index in [4.69, 9.17) is 9.16 Å². The second-order valence-electron chi connectivity index (χ2n) is 2.68. The Bertz CT molecular complexity index is 169. The third-order valence-corrected chi connectivity index (χ3v) is 2.78. The summed E-state index contributed by atoms with van der Waals surface area (Å²) in [5.41, 5.74) is 0. The number of ether oxygens (including phenoxy) is 1. The summed E-state index contributed by atoms with van der Waals surface area (Å²) >= 11 is 0. The fourth-order valence-electron chi connectivity index (χ4n) is 0.682. The van der Waals surface area contributed by atoms with Crippen molar-refractivity contribution in [2.24, 2.45) is 0 Å². The van der Waals surface area contributed by atoms with Gasteiger partial charge >= 0.3 is 5.97 Å². The SMILES string of the molecule is C=CC.C=CC(=O)OCCC[SiH2]OCC. The van der Waals surface area contributed by atoms with E-state index in [0.717, 1.165) is 19.1 Å². The lowest BCUT2D eigenvalue weighted by molar-refractivity contribution is -0.137. The minimum atomic E-state index is -0.357. The van der Waals surface area contributed by atoms with Crippen LogP contribution in [0.3, 0.4) is 0 Å². The van der Waals surface area contributed by atoms with Crippen LogP contribution >= 0.6 is 0 Å². The molecule has 4 heteroatoms. The summed E-state index contributed by atoms with van der Waals surface area (Å²) in [5, 5.41) is 0. The quantitative estimate of drug-likeness (QED) is 0.220. The van der Waals surface area contributed by atoms with Crippen LogP contribution in [-0.4, -0.2) is 28.9 Å². The smallest absolute Gasteiger partial charge is 0.330 e. The number of allylic oxidation sites excluding steroid dienone is 1. The minimum absolute atomic E-state index is 0.340. The maximum absolute atomic E-state index is 10.5. The van der Waals surface area contributed by atoms with Crippen molar-refractivity contribution in [2.45, 2.75) is 26.3 Å². The molecule has 0 saturated carbocycles. The zero-order valence-electron chi connectivity index (χ0n) is 9.83. The second-order valence-corrected chi connectivity index (χ2v) is 4.21. The zero-order valence-corrected chi connectivity index (χ0v) is 11.2. The summed E-state index contributed by atoms with van der Waals surface area (Å²) in [5.74, 6) is -0.340. The lowest BCUT2D eigenvalue weighted by atomic mass is 10.5. The molecule has 3 nitrogen and oxygen atoms in total. The van der Waals surface area contributed by atoms with E-state index >= 15 is 0 Å². The first kappa shape index (κ1) is 16.6. The van der Waals surface area contributed by atoms with E-state index in [1.165, 1.54) is 6.08 Å². The number of esters is 1. The number of rotatable bonds is 7. The van der Waals surface area contributed by atoms with E-state index in [1.54, 1.807) is 6.08 Å². The second kappa shape index (κ2) is 15.6. The summed E-state index contributed by atoms with van der Waals surface area (Å²) in [6.07, 6.45) is 3.84. The Morgan fingerprint density at radius 3 is 2.53 bits per heavy atom. The molecule has 0 rings (SSSR count). The summed E-state index contributed by atoms with van der Waals surface area (Å²) in [7, 11) is -0.357. The standard InChI is InChI=1S/C8H16O3Si.C3H6/c1-3-8(9)10-6-5-7-12-11-4-2;1-3-2/h3H,1,4-7,12H2,2H3;3H,1H2,2H3. The Labute approximate surface area is 95.1 Å². The molecule has 0 aliphatic heterocycles. The van der Waals surface area contributed by atoms with Crippen LogP contribution in [0.2, 0.25) is 6.04 Å². The highest BCUT2D eigenvalue weighted by Crippen LogP contribution is 1.91. The van der Waals surface area contributed by atoms with Gasteiger partial charge in [0.2, 0.25) is 0 Å². The van der Waals surface area contributed by atoms with Gasteiger partial charge in [-0.1, -0.05) is 12.7 Å². The molecule has 0 N–H and O–H groups in total. The molecule has 0 spiro atoms. The van der Waals surface area contributed by atoms with E-state index in [0.29, 0.717) is 6.61 Å². The molecule has 15 heavy (non-hydrogen) atoms. The highest BCUT2D eigenvalue weighted by atomic mass is 28.2. The number of hydrogen-bond acceptors (Lipinski definition) is 3. The molecule has 0 heterocycles. The first-order valence-electron chi connectivity index (χ1n) is 5.16. The molecule has 0 aliphatic carbocycles. The van der Waals surface area contributed by atoms with E-state index in [9.17, 15) is 4.79 Å². The van der Waals surface area contributed by atoms with E-state index in [-0.39, 0.29) is 15.7 Å². The topological polar surface area (TPSA) is 35.5 Å². The minimum Gasteiger partial charge on any atom is -0.463 e. The molecule has 0 bridgehead atoms. The van der Waals surface area contributed by atoms with Crippen LogP contribution in [0.25, 0.3) is 0 Å². The van der Waals surface area contributed by atoms with Crippen LogP contribution in [0.4, 0.5) is 0 Å². The number of carbonyl (C=O) groups excluding carboxylic acids is 1. The van der Waals surface area contributed by atoms with Gasteiger partial charge in [0.05, 0.1) is 6.61 Å². The predicted molar refractivity (Wildman–Crippen MR) is 66.6 cm³/mol. The summed E-state index contributed by atoms with van der Waals surface area (Å²) in [4.78, 5) is 10.5. The van der Waals surface area contributed by atoms with Gasteiger partial charge in [-0.2, -0.15) is 0 Å². The molecule has 0 aromatic carbocycles. The van der Waals surface area contributed by atoms with Crippen LogP contribution in [0.15, 0.2) is 25.3 Å². The Morgan fingerprint density at radius 1 is 1.47 bits per heavy atom. The van der Waals surface area contributed by atoms with Gasteiger partial charge in [0, 0.05) is 12.7 Å². The van der Waals surface area contributed by atoms with Crippen LogP contribution in [0, 0.1) is 0 Å². The van der Waals surface area contributed by atoms with E-state index in [2.05, 4.69) is 13.2 Å². The largest absolute Gasteiger partial charge is 0.463 e. The van der Waals surface area contributed by atoms with Gasteiger partial charge in [0.15, 0.2) is 9.76 Å². The number of hydrogen-bond donors (Lipinski definition) is 0. The fourth-order valence-corrected chi connectivity index (χ4v) is 1.58. The molecular weight excluding hydrogens is 208 g/mol. The summed E-state index contributed by atoms with van der Waals surface area (Å²) in [6, 6.07) is 1.07. The maximum Gasteiger partial charge on any atom is 0.330 e. The highest BCUT2D eigenvalue weighted by Gasteiger charge is 1.94. The summed E-state index contributed by atoms with van der Waals surface area (Å²) in [6.45, 7) is 11.8. The van der Waals surface area contributed by atoms with E-state index in [1.807, 2.05) is 13.8 Å². The van der Waals surface area contributed by atoms with Crippen molar-refractivity contribution in [1.29, 1.82) is 0 Å². The fraction of sp³-hybridized carbons (Fsp3) is 0.545. The molecule has 0 saturated heterocycles. The Kier molecular flexibility index (Phi) is 17.2. The molecule has 0 unspecified atom stereocenters. The van der Waals surface area contributed by atoms with Gasteiger partial charge < -0.3 is 9.16 Å². The monoisotopic (exact) mass is 230 g/mol. The van der Waals surface area contributed by atoms with Gasteiger partial charge in [-0.25, -0.2) is 4.79 Å². The van der Waals surface area contributed by atoms with Gasteiger partial charge in [-0.05, 0) is 26.3 Å². The van der Waals surface area contributed by atoms with Crippen molar-refractivity contribution >= 4 is 15.7 Å². The number of carbonyl (C=O) groups is 1. The van der Waals surface area contributed by atoms with Crippen molar-refractivity contribution in [3.8, 4) is 0 Å². The van der Waals surface area contributed by atoms with Crippen LogP contribution in [-0.2, 0) is 14.0 Å². The lowest BCUT2D eigenvalue weighted by Gasteiger charge is -2.01. The molecule has 88 valence electrons. The zero-order chi connectivity index (χ0) is 11.9. The Balaban J connectivity index is 0. The average molecular weight is 230 g/mol. The van der Waals surface area contributed by atoms with Gasteiger partial charge in [0.25, 0.3) is 0 Å². The van der Waals surface area contributed by atoms with Crippen LogP contribution in [0.5, 0.6) is 0 Å². The van der Waals surface area contributed by atoms with Crippen molar-refractivity contribution < 1.29 is 14.0 Å². The van der Waals surface area contributed by atoms with Crippen LogP contribution < -0.4 is 0 Å². The van der Waals surface area contributed by atoms with Crippen molar-refractivity contribution in [3.05, 3.63) is 25.3 Å². The Morgan fingerprint density at radius 2 is 2.07 bits per heavy atom. The molecule has 0 aromatic rings. The van der Waals surface area contributed by atoms with Crippen molar-refractivity contribution in [1.82, 2.24) is 0 Å². The normalized spacial score (nSPS) is 9.20. The molecule has 0 fully saturated rings. The molecule has 0 amide bonds. The third-order valence-electron chi connectivity index (χ3n) is 1.30. The van der Waals surface area contributed by atoms with Gasteiger partial charge in [0.1, 0.15) is 0 Å². The predicted octanol–water partition coefficient (Wildman–Crippen LogP) is 1.84. The average Bonchev–Trinajstić information content (AvgIpc) is 2.24. The van der Waals surface area contributed by atoms with Crippen LogP contribution in [0.1, 0.15) is 20.3 Å². The molecule has 0 atom stereocenters. The van der Waals surface area contributed by atoms with Gasteiger partial charge in [-0.3, -0.25) is 0 Å². The lowest BCUT2D eigenvalue weighted by Crippen LogP contribution is -2.04. The van der Waals surface area contributed by atoms with Gasteiger partial charge in [-0.15, -0.1) is 6.58 Å². The first-order valence-corrected chi connectivity index (χ1v) is 6.74. The Hall–Kier alpha value is -0.873. The molecule has 0 aromatic heterocycles. The summed E-state index contributed by atoms with van der Waals surface area (Å²) < 4.78 is 10.0. The van der Waals surface area contributed by atoms with E-state index < -0.39 is 0 Å². The highest BCUT2D eigenvalue weighted by molar-refractivity contribution is 6.26.